The van der Waals surface area contributed by atoms with Gasteiger partial charge < -0.3 is 33.6 Å². The van der Waals surface area contributed by atoms with Gasteiger partial charge in [0.2, 0.25) is 0 Å². The molecule has 0 radical (unpaired) electrons. The molecule has 0 aromatic carbocycles. The molecule has 230 valence electrons. The van der Waals surface area contributed by atoms with Crippen LogP contribution in [0.4, 0.5) is 0 Å². The maximum atomic E-state index is 15.1. The van der Waals surface area contributed by atoms with Crippen LogP contribution in [-0.4, -0.2) is 70.7 Å². The first-order valence-corrected chi connectivity index (χ1v) is 15.7. The quantitative estimate of drug-likeness (QED) is 0.298. The number of aliphatic hydroxyl groups excluding tert-OH is 2. The summed E-state index contributed by atoms with van der Waals surface area (Å²) in [6.45, 7) is 5.78. The summed E-state index contributed by atoms with van der Waals surface area (Å²) in [5, 5.41) is 22.6. The van der Waals surface area contributed by atoms with Gasteiger partial charge in [-0.25, -0.2) is 4.79 Å². The van der Waals surface area contributed by atoms with Gasteiger partial charge in [0.1, 0.15) is 24.4 Å². The smallest absolute Gasteiger partial charge is 0.339 e. The van der Waals surface area contributed by atoms with Crippen molar-refractivity contribution in [1.29, 1.82) is 0 Å². The number of fused-ring (bicyclic) bond motifs is 3. The molecule has 5 aliphatic carbocycles. The fourth-order valence-corrected chi connectivity index (χ4v) is 12.5. The van der Waals surface area contributed by atoms with Gasteiger partial charge in [-0.05, 0) is 70.3 Å². The Morgan fingerprint density at radius 1 is 1.02 bits per heavy atom. The molecule has 2 N–H and O–H groups in total. The van der Waals surface area contributed by atoms with Gasteiger partial charge in [0, 0.05) is 23.0 Å². The van der Waals surface area contributed by atoms with E-state index < -0.39 is 68.7 Å². The van der Waals surface area contributed by atoms with Crippen molar-refractivity contribution in [2.75, 3.05) is 13.2 Å². The molecule has 7 fully saturated rings. The van der Waals surface area contributed by atoms with Crippen molar-refractivity contribution in [2.24, 2.45) is 38.9 Å². The van der Waals surface area contributed by atoms with Crippen molar-refractivity contribution in [3.8, 4) is 0 Å². The third kappa shape index (κ3) is 2.42. The molecule has 0 amide bonds. The van der Waals surface area contributed by atoms with Crippen molar-refractivity contribution in [3.05, 3.63) is 36.3 Å². The Bertz CT molecular complexity index is 1500. The lowest BCUT2D eigenvalue weighted by Gasteiger charge is -2.69. The van der Waals surface area contributed by atoms with Crippen LogP contribution in [0.2, 0.25) is 0 Å². The fourth-order valence-electron chi connectivity index (χ4n) is 12.5. The number of Topliss-reactive ketones (excluding diaryl/α,β-unsaturated/α-hetero) is 1. The number of carbonyl (C=O) groups excluding carboxylic acids is 3. The first-order chi connectivity index (χ1) is 20.4. The molecule has 2 bridgehead atoms. The molecule has 5 heterocycles. The monoisotopic (exact) mass is 594 g/mol. The van der Waals surface area contributed by atoms with Gasteiger partial charge in [-0.1, -0.05) is 19.1 Å². The second kappa shape index (κ2) is 7.63. The van der Waals surface area contributed by atoms with Gasteiger partial charge in [-0.2, -0.15) is 0 Å². The third-order valence-corrected chi connectivity index (χ3v) is 14.0. The standard InChI is InChI=1S/C33H38O10/c1-27(2)32-9-4-8-30(20(35)21(32)36)19(31(32)16-40-26(38)29(25(31)43-27)11-5-17(13-29)14-34)6-10-28(3)22(18-7-12-39-15-18)41-24(37)23-33(28,30)42-23/h4,7,9,12,15,17,19-20,22-23,25,34-35H,5-6,8,10-11,13-14,16H2,1-3H3/t17-,19+,20-,22+,23-,25+,28+,29+,30+,31+,32-,33-/m1/s1. The van der Waals surface area contributed by atoms with E-state index in [0.29, 0.717) is 44.1 Å². The summed E-state index contributed by atoms with van der Waals surface area (Å²) in [7, 11) is 0. The molecule has 10 heteroatoms. The molecule has 1 aromatic rings. The molecule has 4 saturated heterocycles. The molecule has 1 aromatic heterocycles. The summed E-state index contributed by atoms with van der Waals surface area (Å²) >= 11 is 0. The van der Waals surface area contributed by atoms with Crippen molar-refractivity contribution in [2.45, 2.75) is 94.9 Å². The molecule has 0 unspecified atom stereocenters. The molecule has 10 nitrogen and oxygen atoms in total. The van der Waals surface area contributed by atoms with E-state index in [1.807, 2.05) is 32.9 Å². The van der Waals surface area contributed by atoms with Gasteiger partial charge in [-0.3, -0.25) is 9.59 Å². The minimum absolute atomic E-state index is 0.0201. The van der Waals surface area contributed by atoms with Crippen LogP contribution in [0.3, 0.4) is 0 Å². The molecule has 12 atom stereocenters. The number of ether oxygens (including phenoxy) is 4. The molecule has 5 spiro atoms. The lowest BCUT2D eigenvalue weighted by molar-refractivity contribution is -0.273. The van der Waals surface area contributed by atoms with Gasteiger partial charge in [0.05, 0.1) is 40.5 Å². The van der Waals surface area contributed by atoms with Crippen LogP contribution in [-0.2, 0) is 33.3 Å². The number of esters is 2. The van der Waals surface area contributed by atoms with Crippen LogP contribution in [0.5, 0.6) is 0 Å². The predicted octanol–water partition coefficient (Wildman–Crippen LogP) is 2.81. The van der Waals surface area contributed by atoms with Crippen molar-refractivity contribution in [1.82, 2.24) is 0 Å². The van der Waals surface area contributed by atoms with Crippen molar-refractivity contribution < 1.29 is 48.0 Å². The number of carbonyl (C=O) groups is 3. The summed E-state index contributed by atoms with van der Waals surface area (Å²) < 4.78 is 31.3. The van der Waals surface area contributed by atoms with E-state index in [-0.39, 0.29) is 36.8 Å². The zero-order chi connectivity index (χ0) is 30.0. The summed E-state index contributed by atoms with van der Waals surface area (Å²) in [6.07, 6.45) is 6.39. The maximum Gasteiger partial charge on any atom is 0.339 e. The summed E-state index contributed by atoms with van der Waals surface area (Å²) in [5.74, 6) is -1.65. The van der Waals surface area contributed by atoms with E-state index in [4.69, 9.17) is 23.4 Å². The Labute approximate surface area is 249 Å². The van der Waals surface area contributed by atoms with E-state index >= 15 is 4.79 Å². The first-order valence-electron chi connectivity index (χ1n) is 15.7. The highest BCUT2D eigenvalue weighted by atomic mass is 16.7. The number of epoxide rings is 1. The predicted molar refractivity (Wildman–Crippen MR) is 145 cm³/mol. The highest BCUT2D eigenvalue weighted by molar-refractivity contribution is 5.98. The van der Waals surface area contributed by atoms with Gasteiger partial charge in [0.15, 0.2) is 11.9 Å². The average Bonchev–Trinajstić information content (AvgIpc) is 3.28. The zero-order valence-corrected chi connectivity index (χ0v) is 24.7. The Kier molecular flexibility index (Phi) is 4.76. The van der Waals surface area contributed by atoms with E-state index in [0.717, 1.165) is 0 Å². The zero-order valence-electron chi connectivity index (χ0n) is 24.7. The minimum Gasteiger partial charge on any atom is -0.472 e. The molecular formula is C33H38O10. The van der Waals surface area contributed by atoms with Crippen LogP contribution in [0.15, 0.2) is 35.2 Å². The minimum atomic E-state index is -1.44. The van der Waals surface area contributed by atoms with Crippen LogP contribution in [0.1, 0.15) is 71.0 Å². The maximum absolute atomic E-state index is 15.1. The number of allylic oxidation sites excluding steroid dienone is 1. The summed E-state index contributed by atoms with van der Waals surface area (Å²) in [6, 6.07) is 1.79. The lowest BCUT2D eigenvalue weighted by atomic mass is 9.32. The Hall–Kier alpha value is -2.53. The van der Waals surface area contributed by atoms with Crippen LogP contribution >= 0.6 is 0 Å². The topological polar surface area (TPSA) is 145 Å². The van der Waals surface area contributed by atoms with E-state index in [9.17, 15) is 19.8 Å². The van der Waals surface area contributed by atoms with Crippen LogP contribution in [0.25, 0.3) is 0 Å². The first kappa shape index (κ1) is 26.8. The van der Waals surface area contributed by atoms with E-state index in [2.05, 4.69) is 0 Å². The average molecular weight is 595 g/mol. The van der Waals surface area contributed by atoms with E-state index in [1.165, 1.54) is 0 Å². The van der Waals surface area contributed by atoms with Crippen LogP contribution in [0, 0.1) is 38.9 Å². The molecule has 9 aliphatic rings. The molecular weight excluding hydrogens is 556 g/mol. The largest absolute Gasteiger partial charge is 0.472 e. The number of rotatable bonds is 2. The van der Waals surface area contributed by atoms with Crippen molar-refractivity contribution >= 4 is 17.7 Å². The van der Waals surface area contributed by atoms with Gasteiger partial charge in [0.25, 0.3) is 0 Å². The third-order valence-electron chi connectivity index (χ3n) is 14.0. The molecule has 10 rings (SSSR count). The highest BCUT2D eigenvalue weighted by Gasteiger charge is 2.95. The second-order valence-electron chi connectivity index (χ2n) is 15.4. The fraction of sp³-hybridized carbons (Fsp3) is 0.727. The molecule has 43 heavy (non-hydrogen) atoms. The molecule has 4 aliphatic heterocycles. The Morgan fingerprint density at radius 3 is 2.56 bits per heavy atom. The number of furan rings is 1. The number of hydrogen-bond acceptors (Lipinski definition) is 10. The van der Waals surface area contributed by atoms with Gasteiger partial charge >= 0.3 is 11.9 Å². The summed E-state index contributed by atoms with van der Waals surface area (Å²) in [5.41, 5.74) is -6.81. The second-order valence-corrected chi connectivity index (χ2v) is 15.4. The van der Waals surface area contributed by atoms with Gasteiger partial charge in [-0.15, -0.1) is 0 Å². The SMILES string of the molecule is CC1(C)O[C@H]2[C@@]3(CC[C@@H](CO)C3)C(=O)OC[C@]23[C@H]2CC[C@@]4(C)[C@H](c5ccoc5)OC(=O)[C@H]5O[C@]54[C@@]24CC=C[C@@]13C(=O)[C@H]4O. The van der Waals surface area contributed by atoms with Crippen molar-refractivity contribution in [3.63, 3.8) is 0 Å². The normalized spacial score (nSPS) is 55.0. The number of ketones is 1. The van der Waals surface area contributed by atoms with E-state index in [1.54, 1.807) is 18.6 Å². The lowest BCUT2D eigenvalue weighted by Crippen LogP contribution is -2.80. The molecule has 3 saturated carbocycles. The number of aliphatic hydroxyl groups is 2. The Balaban J connectivity index is 1.30. The number of hydrogen-bond donors (Lipinski definition) is 2. The summed E-state index contributed by atoms with van der Waals surface area (Å²) in [4.78, 5) is 42.5. The van der Waals surface area contributed by atoms with Crippen LogP contribution < -0.4 is 0 Å². The number of cyclic esters (lactones) is 2. The highest BCUT2D eigenvalue weighted by Crippen LogP contribution is 2.85. The Morgan fingerprint density at radius 2 is 1.84 bits per heavy atom.